The fourth-order valence-electron chi connectivity index (χ4n) is 1.33. The molecule has 7 nitrogen and oxygen atoms in total. The van der Waals surface area contributed by atoms with E-state index in [0.717, 1.165) is 7.11 Å². The van der Waals surface area contributed by atoms with Crippen LogP contribution in [0.1, 0.15) is 17.3 Å². The normalized spacial score (nSPS) is 11.2. The molecule has 1 atom stereocenters. The average molecular weight is 360 g/mol. The van der Waals surface area contributed by atoms with Crippen molar-refractivity contribution in [3.8, 4) is 5.75 Å². The highest BCUT2D eigenvalue weighted by Crippen LogP contribution is 2.25. The van der Waals surface area contributed by atoms with Gasteiger partial charge in [-0.25, -0.2) is 9.59 Å². The highest BCUT2D eigenvalue weighted by Gasteiger charge is 2.21. The molecule has 0 heterocycles. The third-order valence-corrected chi connectivity index (χ3v) is 3.07. The van der Waals surface area contributed by atoms with E-state index in [2.05, 4.69) is 20.7 Å². The smallest absolute Gasteiger partial charge is 0.413 e. The average Bonchev–Trinajstić information content (AvgIpc) is 2.46. The molecular formula is C13H14BrNO6. The van der Waals surface area contributed by atoms with Gasteiger partial charge in [0.1, 0.15) is 5.75 Å². The second kappa shape index (κ2) is 7.63. The first kappa shape index (κ1) is 17.0. The molecule has 0 radical (unpaired) electrons. The first-order chi connectivity index (χ1) is 9.88. The number of amides is 2. The van der Waals surface area contributed by atoms with Crippen LogP contribution >= 0.6 is 15.9 Å². The number of ether oxygens (including phenoxy) is 3. The molecule has 1 N–H and O–H groups in total. The van der Waals surface area contributed by atoms with Crippen molar-refractivity contribution in [2.45, 2.75) is 13.0 Å². The van der Waals surface area contributed by atoms with Gasteiger partial charge in [0.25, 0.3) is 5.91 Å². The van der Waals surface area contributed by atoms with Crippen molar-refractivity contribution in [1.29, 1.82) is 0 Å². The Balaban J connectivity index is 2.70. The van der Waals surface area contributed by atoms with Crippen LogP contribution in [0.5, 0.6) is 5.75 Å². The molecular weight excluding hydrogens is 346 g/mol. The van der Waals surface area contributed by atoms with E-state index in [-0.39, 0.29) is 5.56 Å². The maximum Gasteiger partial charge on any atom is 0.413 e. The van der Waals surface area contributed by atoms with Gasteiger partial charge in [-0.15, -0.1) is 0 Å². The third-order valence-electron chi connectivity index (χ3n) is 2.45. The van der Waals surface area contributed by atoms with Crippen LogP contribution < -0.4 is 10.1 Å². The summed E-state index contributed by atoms with van der Waals surface area (Å²) < 4.78 is 14.8. The van der Waals surface area contributed by atoms with E-state index in [9.17, 15) is 14.4 Å². The molecule has 2 amide bonds. The lowest BCUT2D eigenvalue weighted by molar-refractivity contribution is -0.128. The minimum absolute atomic E-state index is 0.236. The zero-order chi connectivity index (χ0) is 16.0. The van der Waals surface area contributed by atoms with Crippen LogP contribution in [0.3, 0.4) is 0 Å². The molecule has 1 aromatic rings. The quantitative estimate of drug-likeness (QED) is 0.825. The van der Waals surface area contributed by atoms with Crippen molar-refractivity contribution in [2.75, 3.05) is 14.2 Å². The maximum atomic E-state index is 11.9. The number of methoxy groups -OCH3 is 2. The van der Waals surface area contributed by atoms with E-state index in [0.29, 0.717) is 10.2 Å². The Morgan fingerprint density at radius 3 is 2.43 bits per heavy atom. The van der Waals surface area contributed by atoms with Crippen LogP contribution in [-0.4, -0.2) is 38.3 Å². The molecule has 8 heteroatoms. The molecule has 114 valence electrons. The Morgan fingerprint density at radius 2 is 1.90 bits per heavy atom. The van der Waals surface area contributed by atoms with Crippen LogP contribution in [0.15, 0.2) is 22.7 Å². The van der Waals surface area contributed by atoms with Gasteiger partial charge in [-0.05, 0) is 41.1 Å². The van der Waals surface area contributed by atoms with Crippen LogP contribution in [0.25, 0.3) is 0 Å². The predicted molar refractivity (Wildman–Crippen MR) is 76.1 cm³/mol. The zero-order valence-corrected chi connectivity index (χ0v) is 13.2. The molecule has 0 spiro atoms. The summed E-state index contributed by atoms with van der Waals surface area (Å²) in [4.78, 5) is 34.3. The van der Waals surface area contributed by atoms with Gasteiger partial charge < -0.3 is 14.2 Å². The molecule has 0 aliphatic heterocycles. The van der Waals surface area contributed by atoms with Gasteiger partial charge in [-0.1, -0.05) is 0 Å². The number of esters is 1. The lowest BCUT2D eigenvalue weighted by Crippen LogP contribution is -2.39. The second-order valence-corrected chi connectivity index (χ2v) is 4.73. The Labute approximate surface area is 129 Å². The van der Waals surface area contributed by atoms with Crippen LogP contribution in [0, 0.1) is 0 Å². The highest BCUT2D eigenvalue weighted by atomic mass is 79.9. The van der Waals surface area contributed by atoms with Crippen molar-refractivity contribution >= 4 is 33.9 Å². The summed E-state index contributed by atoms with van der Waals surface area (Å²) in [7, 11) is 2.62. The number of imide groups is 1. The molecule has 0 unspecified atom stereocenters. The number of carbonyl (C=O) groups is 3. The Morgan fingerprint density at radius 1 is 1.24 bits per heavy atom. The van der Waals surface area contributed by atoms with Crippen molar-refractivity contribution in [3.63, 3.8) is 0 Å². The summed E-state index contributed by atoms with van der Waals surface area (Å²) >= 11 is 3.24. The summed E-state index contributed by atoms with van der Waals surface area (Å²) in [6, 6.07) is 4.59. The number of rotatable bonds is 4. The molecule has 0 saturated carbocycles. The fraction of sp³-hybridized carbons (Fsp3) is 0.308. The first-order valence-electron chi connectivity index (χ1n) is 5.82. The van der Waals surface area contributed by atoms with Gasteiger partial charge >= 0.3 is 12.1 Å². The third kappa shape index (κ3) is 4.75. The molecule has 0 aromatic heterocycles. The second-order valence-electron chi connectivity index (χ2n) is 3.88. The summed E-state index contributed by atoms with van der Waals surface area (Å²) in [5.41, 5.74) is 0.236. The van der Waals surface area contributed by atoms with E-state index in [1.165, 1.54) is 26.2 Å². The minimum atomic E-state index is -1.14. The fourth-order valence-corrected chi connectivity index (χ4v) is 1.87. The number of nitrogens with one attached hydrogen (secondary N) is 1. The molecule has 1 aromatic carbocycles. The predicted octanol–water partition coefficient (Wildman–Crippen LogP) is 1.89. The van der Waals surface area contributed by atoms with Crippen LogP contribution in [0.4, 0.5) is 4.79 Å². The monoisotopic (exact) mass is 359 g/mol. The van der Waals surface area contributed by atoms with Crippen molar-refractivity contribution in [1.82, 2.24) is 5.32 Å². The van der Waals surface area contributed by atoms with Gasteiger partial charge in [0.2, 0.25) is 0 Å². The molecule has 21 heavy (non-hydrogen) atoms. The highest BCUT2D eigenvalue weighted by molar-refractivity contribution is 9.10. The molecule has 0 aliphatic carbocycles. The van der Waals surface area contributed by atoms with Crippen molar-refractivity contribution in [3.05, 3.63) is 28.2 Å². The van der Waals surface area contributed by atoms with Crippen LogP contribution in [-0.2, 0) is 14.3 Å². The topological polar surface area (TPSA) is 90.9 Å². The standard InChI is InChI=1S/C13H14BrNO6/c1-7(11(16)15-13(18)20-3)21-12(17)8-4-5-10(19-2)9(14)6-8/h4-7H,1-3H3,(H,15,16,18)/t7-/m0/s1. The summed E-state index contributed by atoms with van der Waals surface area (Å²) in [6.45, 7) is 1.34. The van der Waals surface area contributed by atoms with Crippen molar-refractivity contribution in [2.24, 2.45) is 0 Å². The molecule has 0 aliphatic rings. The van der Waals surface area contributed by atoms with Gasteiger partial charge in [-0.3, -0.25) is 10.1 Å². The SMILES string of the molecule is COC(=O)NC(=O)[C@H](C)OC(=O)c1ccc(OC)c(Br)c1. The Hall–Kier alpha value is -2.09. The molecule has 1 rings (SSSR count). The van der Waals surface area contributed by atoms with E-state index in [1.807, 2.05) is 5.32 Å². The van der Waals surface area contributed by atoms with Gasteiger partial charge in [0, 0.05) is 0 Å². The Bertz CT molecular complexity index is 560. The number of benzene rings is 1. The maximum absolute atomic E-state index is 11.9. The largest absolute Gasteiger partial charge is 0.496 e. The van der Waals surface area contributed by atoms with Gasteiger partial charge in [0.15, 0.2) is 6.10 Å². The van der Waals surface area contributed by atoms with Crippen molar-refractivity contribution < 1.29 is 28.6 Å². The number of halogens is 1. The minimum Gasteiger partial charge on any atom is -0.496 e. The van der Waals surface area contributed by atoms with E-state index < -0.39 is 24.1 Å². The molecule has 0 bridgehead atoms. The lowest BCUT2D eigenvalue weighted by atomic mass is 10.2. The number of hydrogen-bond donors (Lipinski definition) is 1. The van der Waals surface area contributed by atoms with Crippen LogP contribution in [0.2, 0.25) is 0 Å². The Kier molecular flexibility index (Phi) is 6.16. The lowest BCUT2D eigenvalue weighted by Gasteiger charge is -2.13. The number of hydrogen-bond acceptors (Lipinski definition) is 6. The summed E-state index contributed by atoms with van der Waals surface area (Å²) in [5.74, 6) is -0.920. The van der Waals surface area contributed by atoms with E-state index in [4.69, 9.17) is 9.47 Å². The zero-order valence-electron chi connectivity index (χ0n) is 11.6. The number of alkyl carbamates (subject to hydrolysis) is 1. The van der Waals surface area contributed by atoms with Gasteiger partial charge in [0.05, 0.1) is 24.3 Å². The summed E-state index contributed by atoms with van der Waals surface area (Å²) in [5, 5.41) is 1.91. The van der Waals surface area contributed by atoms with Gasteiger partial charge in [-0.2, -0.15) is 0 Å². The van der Waals surface area contributed by atoms with E-state index >= 15 is 0 Å². The van der Waals surface area contributed by atoms with E-state index in [1.54, 1.807) is 6.07 Å². The molecule has 0 fully saturated rings. The first-order valence-corrected chi connectivity index (χ1v) is 6.61. The molecule has 0 saturated heterocycles. The number of carbonyl (C=O) groups excluding carboxylic acids is 3. The summed E-state index contributed by atoms with van der Waals surface area (Å²) in [6.07, 6.45) is -2.06.